The maximum Gasteiger partial charge on any atom is 0.214 e. The summed E-state index contributed by atoms with van der Waals surface area (Å²) >= 11 is 0. The molecule has 0 bridgehead atoms. The third kappa shape index (κ3) is 5.63. The Balaban J connectivity index is 0.00000242. The van der Waals surface area contributed by atoms with Crippen molar-refractivity contribution in [3.05, 3.63) is 47.4 Å². The Labute approximate surface area is 147 Å². The maximum absolute atomic E-state index is 5.52. The molecule has 22 heavy (non-hydrogen) atoms. The van der Waals surface area contributed by atoms with Gasteiger partial charge in [0, 0.05) is 31.9 Å². The predicted molar refractivity (Wildman–Crippen MR) is 97.5 cm³/mol. The number of aliphatic imine (C=N–C) groups is 1. The van der Waals surface area contributed by atoms with Crippen molar-refractivity contribution in [3.63, 3.8) is 0 Å². The molecule has 0 atom stereocenters. The molecule has 0 aromatic carbocycles. The van der Waals surface area contributed by atoms with Gasteiger partial charge in [-0.25, -0.2) is 4.98 Å². The average Bonchev–Trinajstić information content (AvgIpc) is 2.82. The molecule has 0 radical (unpaired) electrons. The number of hydrogen-bond acceptors (Lipinski definition) is 4. The third-order valence-electron chi connectivity index (χ3n) is 3.10. The van der Waals surface area contributed by atoms with Gasteiger partial charge in [0.05, 0.1) is 12.2 Å². The van der Waals surface area contributed by atoms with E-state index in [-0.39, 0.29) is 24.0 Å². The van der Waals surface area contributed by atoms with E-state index in [1.807, 2.05) is 32.0 Å². The highest BCUT2D eigenvalue weighted by Crippen LogP contribution is 2.07. The number of hydrogen-bond donors (Lipinski definition) is 2. The van der Waals surface area contributed by atoms with Crippen molar-refractivity contribution in [2.75, 3.05) is 13.6 Å². The van der Waals surface area contributed by atoms with Gasteiger partial charge in [-0.1, -0.05) is 6.07 Å². The zero-order chi connectivity index (χ0) is 15.1. The van der Waals surface area contributed by atoms with Crippen molar-refractivity contribution >= 4 is 29.9 Å². The minimum atomic E-state index is 0. The van der Waals surface area contributed by atoms with Crippen LogP contribution < -0.4 is 10.6 Å². The molecule has 0 spiro atoms. The Morgan fingerprint density at radius 3 is 2.68 bits per heavy atom. The molecule has 0 unspecified atom stereocenters. The summed E-state index contributed by atoms with van der Waals surface area (Å²) < 4.78 is 5.52. The van der Waals surface area contributed by atoms with Crippen LogP contribution >= 0.6 is 24.0 Å². The fourth-order valence-corrected chi connectivity index (χ4v) is 1.85. The molecule has 0 saturated heterocycles. The molecule has 2 N–H and O–H groups in total. The summed E-state index contributed by atoms with van der Waals surface area (Å²) in [5.41, 5.74) is 1.98. The molecule has 120 valence electrons. The second-order valence-electron chi connectivity index (χ2n) is 4.67. The number of nitrogens with one attached hydrogen (secondary N) is 2. The number of pyridine rings is 1. The van der Waals surface area contributed by atoms with Gasteiger partial charge in [-0.15, -0.1) is 24.0 Å². The number of rotatable bonds is 5. The van der Waals surface area contributed by atoms with Crippen LogP contribution in [0.3, 0.4) is 0 Å². The van der Waals surface area contributed by atoms with Gasteiger partial charge in [-0.2, -0.15) is 0 Å². The zero-order valence-corrected chi connectivity index (χ0v) is 15.4. The van der Waals surface area contributed by atoms with Gasteiger partial charge >= 0.3 is 0 Å². The molecule has 0 aliphatic carbocycles. The molecule has 0 fully saturated rings. The summed E-state index contributed by atoms with van der Waals surface area (Å²) in [5.74, 6) is 2.24. The zero-order valence-electron chi connectivity index (χ0n) is 13.1. The molecule has 2 aromatic rings. The molecule has 6 nitrogen and oxygen atoms in total. The van der Waals surface area contributed by atoms with E-state index in [1.54, 1.807) is 13.2 Å². The lowest BCUT2D eigenvalue weighted by Gasteiger charge is -2.10. The Morgan fingerprint density at radius 2 is 2.09 bits per heavy atom. The highest BCUT2D eigenvalue weighted by atomic mass is 127. The molecule has 7 heteroatoms. The number of aryl methyl sites for hydroxylation is 2. The van der Waals surface area contributed by atoms with E-state index >= 15 is 0 Å². The van der Waals surface area contributed by atoms with E-state index in [2.05, 4.69) is 25.6 Å². The van der Waals surface area contributed by atoms with Gasteiger partial charge in [0.25, 0.3) is 0 Å². The van der Waals surface area contributed by atoms with Gasteiger partial charge in [0.1, 0.15) is 5.76 Å². The molecular formula is C15H22IN5O. The summed E-state index contributed by atoms with van der Waals surface area (Å²) in [5, 5.41) is 6.41. The highest BCUT2D eigenvalue weighted by Gasteiger charge is 2.06. The number of nitrogens with zero attached hydrogens (tertiary/aromatic N) is 3. The van der Waals surface area contributed by atoms with Crippen LogP contribution in [-0.2, 0) is 13.0 Å². The summed E-state index contributed by atoms with van der Waals surface area (Å²) in [7, 11) is 1.74. The number of oxazole rings is 1. The van der Waals surface area contributed by atoms with Crippen molar-refractivity contribution in [2.24, 2.45) is 4.99 Å². The van der Waals surface area contributed by atoms with Gasteiger partial charge in [-0.3, -0.25) is 9.98 Å². The summed E-state index contributed by atoms with van der Waals surface area (Å²) in [4.78, 5) is 12.8. The van der Waals surface area contributed by atoms with Crippen LogP contribution in [0.5, 0.6) is 0 Å². The number of guanidine groups is 1. The SMILES string of the molecule is CN=C(NCCc1ccccn1)NCc1nc(C)c(C)o1.I. The third-order valence-corrected chi connectivity index (χ3v) is 3.10. The first kappa shape index (κ1) is 18.4. The van der Waals surface area contributed by atoms with Crippen LogP contribution in [0.15, 0.2) is 33.8 Å². The van der Waals surface area contributed by atoms with E-state index in [0.29, 0.717) is 12.4 Å². The van der Waals surface area contributed by atoms with E-state index < -0.39 is 0 Å². The monoisotopic (exact) mass is 415 g/mol. The van der Waals surface area contributed by atoms with Crippen molar-refractivity contribution in [3.8, 4) is 0 Å². The lowest BCUT2D eigenvalue weighted by Crippen LogP contribution is -2.38. The second kappa shape index (κ2) is 9.39. The standard InChI is InChI=1S/C15H21N5O.HI/c1-11-12(2)21-14(20-11)10-19-15(16-3)18-9-7-13-6-4-5-8-17-13;/h4-6,8H,7,9-10H2,1-3H3,(H2,16,18,19);1H. The topological polar surface area (TPSA) is 75.3 Å². The molecule has 2 aromatic heterocycles. The van der Waals surface area contributed by atoms with Crippen LogP contribution in [-0.4, -0.2) is 29.5 Å². The van der Waals surface area contributed by atoms with Crippen molar-refractivity contribution in [2.45, 2.75) is 26.8 Å². The first-order valence-electron chi connectivity index (χ1n) is 6.96. The number of halogens is 1. The molecule has 2 rings (SSSR count). The van der Waals surface area contributed by atoms with Crippen LogP contribution in [0.1, 0.15) is 23.0 Å². The van der Waals surface area contributed by atoms with E-state index in [1.165, 1.54) is 0 Å². The lowest BCUT2D eigenvalue weighted by molar-refractivity contribution is 0.463. The van der Waals surface area contributed by atoms with Gasteiger partial charge in [-0.05, 0) is 26.0 Å². The largest absolute Gasteiger partial charge is 0.444 e. The van der Waals surface area contributed by atoms with Crippen molar-refractivity contribution < 1.29 is 4.42 Å². The Bertz CT molecular complexity index is 578. The Hall–Kier alpha value is -1.64. The quantitative estimate of drug-likeness (QED) is 0.445. The minimum absolute atomic E-state index is 0. The average molecular weight is 415 g/mol. The van der Waals surface area contributed by atoms with E-state index in [4.69, 9.17) is 4.42 Å². The van der Waals surface area contributed by atoms with Crippen molar-refractivity contribution in [1.29, 1.82) is 0 Å². The molecule has 0 aliphatic rings. The normalized spacial score (nSPS) is 11.0. The fraction of sp³-hybridized carbons (Fsp3) is 0.400. The van der Waals surface area contributed by atoms with Crippen LogP contribution in [0.4, 0.5) is 0 Å². The molecule has 0 aliphatic heterocycles. The van der Waals surface area contributed by atoms with Gasteiger partial charge in [0.15, 0.2) is 5.96 Å². The minimum Gasteiger partial charge on any atom is -0.444 e. The Kier molecular flexibility index (Phi) is 7.86. The van der Waals surface area contributed by atoms with Crippen LogP contribution in [0, 0.1) is 13.8 Å². The molecular weight excluding hydrogens is 393 g/mol. The molecule has 0 saturated carbocycles. The van der Waals surface area contributed by atoms with Crippen molar-refractivity contribution in [1.82, 2.24) is 20.6 Å². The number of aromatic nitrogens is 2. The molecule has 0 amide bonds. The summed E-state index contributed by atoms with van der Waals surface area (Å²) in [6.45, 7) is 5.12. The summed E-state index contributed by atoms with van der Waals surface area (Å²) in [6.07, 6.45) is 2.65. The van der Waals surface area contributed by atoms with E-state index in [0.717, 1.165) is 36.1 Å². The first-order valence-corrected chi connectivity index (χ1v) is 6.96. The summed E-state index contributed by atoms with van der Waals surface area (Å²) in [6, 6.07) is 5.91. The van der Waals surface area contributed by atoms with Crippen LogP contribution in [0.25, 0.3) is 0 Å². The second-order valence-corrected chi connectivity index (χ2v) is 4.67. The molecule has 2 heterocycles. The fourth-order valence-electron chi connectivity index (χ4n) is 1.85. The van der Waals surface area contributed by atoms with Gasteiger partial charge < -0.3 is 15.1 Å². The van der Waals surface area contributed by atoms with E-state index in [9.17, 15) is 0 Å². The smallest absolute Gasteiger partial charge is 0.214 e. The highest BCUT2D eigenvalue weighted by molar-refractivity contribution is 14.0. The first-order chi connectivity index (χ1) is 10.2. The van der Waals surface area contributed by atoms with Gasteiger partial charge in [0.2, 0.25) is 5.89 Å². The maximum atomic E-state index is 5.52. The Morgan fingerprint density at radius 1 is 1.27 bits per heavy atom. The predicted octanol–water partition coefficient (Wildman–Crippen LogP) is 2.21. The lowest BCUT2D eigenvalue weighted by atomic mass is 10.3. The van der Waals surface area contributed by atoms with Crippen LogP contribution in [0.2, 0.25) is 0 Å².